The van der Waals surface area contributed by atoms with Crippen molar-refractivity contribution in [2.24, 2.45) is 0 Å². The fourth-order valence-corrected chi connectivity index (χ4v) is 3.42. The number of carbonyl (C=O) groups is 1. The van der Waals surface area contributed by atoms with Crippen molar-refractivity contribution in [2.45, 2.75) is 25.0 Å². The first kappa shape index (κ1) is 18.1. The summed E-state index contributed by atoms with van der Waals surface area (Å²) in [5.74, 6) is 2.06. The molecule has 134 valence electrons. The average molecular weight is 368 g/mol. The lowest BCUT2D eigenvalue weighted by Crippen LogP contribution is -2.07. The van der Waals surface area contributed by atoms with Gasteiger partial charge in [0, 0.05) is 30.9 Å². The Kier molecular flexibility index (Phi) is 6.01. The van der Waals surface area contributed by atoms with Crippen LogP contribution < -0.4 is 4.74 Å². The number of carbonyl (C=O) groups excluding carboxylic acids is 1. The van der Waals surface area contributed by atoms with Gasteiger partial charge in [0.1, 0.15) is 11.5 Å². The minimum Gasteiger partial charge on any atom is -0.497 e. The highest BCUT2D eigenvalue weighted by atomic mass is 32.2. The fraction of sp³-hybridized carbons (Fsp3) is 0.263. The van der Waals surface area contributed by atoms with E-state index < -0.39 is 0 Å². The van der Waals surface area contributed by atoms with Crippen LogP contribution in [0.2, 0.25) is 0 Å². The molecule has 0 saturated carbocycles. The van der Waals surface area contributed by atoms with Crippen molar-refractivity contribution in [3.63, 3.8) is 0 Å². The van der Waals surface area contributed by atoms with Gasteiger partial charge in [0.15, 0.2) is 11.0 Å². The Bertz CT molecular complexity index is 863. The molecule has 0 radical (unpaired) electrons. The van der Waals surface area contributed by atoms with Crippen LogP contribution in [0.1, 0.15) is 12.5 Å². The van der Waals surface area contributed by atoms with Gasteiger partial charge in [-0.2, -0.15) is 0 Å². The first-order valence-corrected chi connectivity index (χ1v) is 9.31. The Morgan fingerprint density at radius 2 is 2.00 bits per heavy atom. The molecule has 26 heavy (non-hydrogen) atoms. The molecule has 6 nitrogen and oxygen atoms in total. The van der Waals surface area contributed by atoms with E-state index in [0.717, 1.165) is 34.4 Å². The number of hydrogen-bond donors (Lipinski definition) is 0. The van der Waals surface area contributed by atoms with Crippen LogP contribution in [0.4, 0.5) is 0 Å². The van der Waals surface area contributed by atoms with Crippen LogP contribution in [0.3, 0.4) is 0 Å². The number of rotatable bonds is 8. The summed E-state index contributed by atoms with van der Waals surface area (Å²) in [6, 6.07) is 11.4. The second kappa shape index (κ2) is 8.62. The van der Waals surface area contributed by atoms with Crippen LogP contribution in [-0.2, 0) is 17.8 Å². The molecule has 0 aliphatic carbocycles. The topological polar surface area (TPSA) is 69.9 Å². The van der Waals surface area contributed by atoms with Gasteiger partial charge < -0.3 is 9.30 Å². The quantitative estimate of drug-likeness (QED) is 0.568. The number of hydrogen-bond acceptors (Lipinski definition) is 6. The smallest absolute Gasteiger partial charge is 0.191 e. The summed E-state index contributed by atoms with van der Waals surface area (Å²) in [6.07, 6.45) is 3.88. The summed E-state index contributed by atoms with van der Waals surface area (Å²) >= 11 is 1.42. The van der Waals surface area contributed by atoms with E-state index in [-0.39, 0.29) is 5.78 Å². The lowest BCUT2D eigenvalue weighted by Gasteiger charge is -2.07. The molecule has 0 spiro atoms. The van der Waals surface area contributed by atoms with Gasteiger partial charge in [0.2, 0.25) is 0 Å². The van der Waals surface area contributed by atoms with Crippen LogP contribution in [0, 0.1) is 0 Å². The van der Waals surface area contributed by atoms with Gasteiger partial charge in [-0.1, -0.05) is 23.9 Å². The zero-order valence-electron chi connectivity index (χ0n) is 14.8. The third kappa shape index (κ3) is 4.29. The molecule has 3 rings (SSSR count). The molecule has 0 N–H and O–H groups in total. The molecule has 0 unspecified atom stereocenters. The maximum absolute atomic E-state index is 12.3. The number of benzene rings is 1. The number of nitrogens with zero attached hydrogens (tertiary/aromatic N) is 4. The molecule has 0 amide bonds. The van der Waals surface area contributed by atoms with Crippen molar-refractivity contribution in [3.8, 4) is 17.1 Å². The van der Waals surface area contributed by atoms with Gasteiger partial charge in [-0.15, -0.1) is 10.2 Å². The molecule has 0 bridgehead atoms. The zero-order chi connectivity index (χ0) is 18.4. The minimum atomic E-state index is 0.147. The van der Waals surface area contributed by atoms with Crippen molar-refractivity contribution in [3.05, 3.63) is 54.4 Å². The third-order valence-corrected chi connectivity index (χ3v) is 4.90. The Morgan fingerprint density at radius 3 is 2.65 bits per heavy atom. The summed E-state index contributed by atoms with van der Waals surface area (Å²) in [7, 11) is 1.63. The van der Waals surface area contributed by atoms with Gasteiger partial charge in [-0.3, -0.25) is 9.78 Å². The summed E-state index contributed by atoms with van der Waals surface area (Å²) in [5.41, 5.74) is 1.89. The molecule has 0 atom stereocenters. The number of Topliss-reactive ketones (excluding diaryl/α,β-unsaturated/α-hetero) is 1. The van der Waals surface area contributed by atoms with Crippen molar-refractivity contribution in [1.29, 1.82) is 0 Å². The first-order chi connectivity index (χ1) is 12.7. The highest BCUT2D eigenvalue weighted by Gasteiger charge is 2.14. The first-order valence-electron chi connectivity index (χ1n) is 8.32. The van der Waals surface area contributed by atoms with E-state index >= 15 is 0 Å². The second-order valence-corrected chi connectivity index (χ2v) is 6.59. The van der Waals surface area contributed by atoms with Gasteiger partial charge in [-0.25, -0.2) is 0 Å². The summed E-state index contributed by atoms with van der Waals surface area (Å²) in [4.78, 5) is 16.4. The minimum absolute atomic E-state index is 0.147. The summed E-state index contributed by atoms with van der Waals surface area (Å²) < 4.78 is 7.13. The molecule has 0 fully saturated rings. The zero-order valence-corrected chi connectivity index (χ0v) is 15.6. The molecule has 0 aliphatic rings. The van der Waals surface area contributed by atoms with Crippen LogP contribution >= 0.6 is 11.8 Å². The van der Waals surface area contributed by atoms with Gasteiger partial charge >= 0.3 is 0 Å². The van der Waals surface area contributed by atoms with E-state index in [1.807, 2.05) is 47.9 Å². The van der Waals surface area contributed by atoms with Crippen molar-refractivity contribution in [2.75, 3.05) is 12.9 Å². The van der Waals surface area contributed by atoms with E-state index in [0.29, 0.717) is 12.2 Å². The van der Waals surface area contributed by atoms with E-state index in [1.165, 1.54) is 11.8 Å². The monoisotopic (exact) mass is 368 g/mol. The Balaban J connectivity index is 1.64. The molecular formula is C19H20N4O2S. The largest absolute Gasteiger partial charge is 0.497 e. The number of methoxy groups -OCH3 is 1. The predicted molar refractivity (Wildman–Crippen MR) is 101 cm³/mol. The molecule has 7 heteroatoms. The fourth-order valence-electron chi connectivity index (χ4n) is 2.56. The highest BCUT2D eigenvalue weighted by Crippen LogP contribution is 2.23. The lowest BCUT2D eigenvalue weighted by molar-refractivity contribution is -0.116. The van der Waals surface area contributed by atoms with Crippen LogP contribution in [0.15, 0.2) is 53.9 Å². The van der Waals surface area contributed by atoms with Crippen LogP contribution in [-0.4, -0.2) is 38.4 Å². The van der Waals surface area contributed by atoms with Gasteiger partial charge in [-0.05, 0) is 36.8 Å². The Labute approximate surface area is 156 Å². The van der Waals surface area contributed by atoms with Gasteiger partial charge in [0.25, 0.3) is 0 Å². The van der Waals surface area contributed by atoms with E-state index in [4.69, 9.17) is 4.74 Å². The molecule has 1 aromatic carbocycles. The molecular weight excluding hydrogens is 348 g/mol. The van der Waals surface area contributed by atoms with Crippen molar-refractivity contribution >= 4 is 17.5 Å². The molecule has 2 aromatic heterocycles. The van der Waals surface area contributed by atoms with E-state index in [1.54, 1.807) is 19.5 Å². The number of ketones is 1. The highest BCUT2D eigenvalue weighted by molar-refractivity contribution is 7.99. The maximum atomic E-state index is 12.3. The number of pyridine rings is 1. The predicted octanol–water partition coefficient (Wildman–Crippen LogP) is 3.27. The average Bonchev–Trinajstić information content (AvgIpc) is 3.10. The SMILES string of the molecule is CCn1c(SCC(=O)Cc2ccc(OC)cc2)nnc1-c1cccnc1. The van der Waals surface area contributed by atoms with Gasteiger partial charge in [0.05, 0.1) is 12.9 Å². The normalized spacial score (nSPS) is 10.7. The van der Waals surface area contributed by atoms with Crippen molar-refractivity contribution < 1.29 is 9.53 Å². The molecule has 0 aliphatic heterocycles. The van der Waals surface area contributed by atoms with Crippen LogP contribution in [0.25, 0.3) is 11.4 Å². The maximum Gasteiger partial charge on any atom is 0.191 e. The van der Waals surface area contributed by atoms with E-state index in [2.05, 4.69) is 15.2 Å². The number of aromatic nitrogens is 4. The third-order valence-electron chi connectivity index (χ3n) is 3.88. The Hall–Kier alpha value is -2.67. The number of ether oxygens (including phenoxy) is 1. The van der Waals surface area contributed by atoms with E-state index in [9.17, 15) is 4.79 Å². The van der Waals surface area contributed by atoms with Crippen molar-refractivity contribution in [1.82, 2.24) is 19.7 Å². The lowest BCUT2D eigenvalue weighted by atomic mass is 10.1. The number of thioether (sulfide) groups is 1. The second-order valence-electron chi connectivity index (χ2n) is 5.64. The Morgan fingerprint density at radius 1 is 1.19 bits per heavy atom. The molecule has 3 aromatic rings. The molecule has 0 saturated heterocycles. The standard InChI is InChI=1S/C19H20N4O2S/c1-3-23-18(15-5-4-10-20-12-15)21-22-19(23)26-13-16(24)11-14-6-8-17(25-2)9-7-14/h4-10,12H,3,11,13H2,1-2H3. The summed E-state index contributed by atoms with van der Waals surface area (Å²) in [6.45, 7) is 2.76. The summed E-state index contributed by atoms with van der Waals surface area (Å²) in [5, 5.41) is 9.25. The molecule has 2 heterocycles. The van der Waals surface area contributed by atoms with Crippen LogP contribution in [0.5, 0.6) is 5.75 Å².